The third-order valence-electron chi connectivity index (χ3n) is 5.05. The fourth-order valence-electron chi connectivity index (χ4n) is 3.47. The van der Waals surface area contributed by atoms with Crippen LogP contribution in [0.25, 0.3) is 0 Å². The maximum atomic E-state index is 12.9. The molecule has 0 saturated carbocycles. The molecule has 3 amide bonds. The molecule has 1 aromatic carbocycles. The zero-order chi connectivity index (χ0) is 19.9. The molecular formula is C22H28N4O2. The summed E-state index contributed by atoms with van der Waals surface area (Å²) in [5.41, 5.74) is 2.58. The molecule has 0 radical (unpaired) electrons. The number of pyridine rings is 1. The second kappa shape index (κ2) is 9.35. The molecule has 148 valence electrons. The average Bonchev–Trinajstić information content (AvgIpc) is 3.04. The predicted octanol–water partition coefficient (Wildman–Crippen LogP) is 4.43. The normalized spacial score (nSPS) is 16.3. The lowest BCUT2D eigenvalue weighted by atomic mass is 10.2. The van der Waals surface area contributed by atoms with Crippen molar-refractivity contribution in [1.29, 1.82) is 0 Å². The van der Waals surface area contributed by atoms with E-state index in [1.807, 2.05) is 46.2 Å². The number of hydrogen-bond acceptors (Lipinski definition) is 3. The number of nitrogens with one attached hydrogen (secondary N) is 1. The Hall–Kier alpha value is -2.89. The summed E-state index contributed by atoms with van der Waals surface area (Å²) in [5.74, 6) is 0.137. The second-order valence-electron chi connectivity index (χ2n) is 7.26. The Kier molecular flexibility index (Phi) is 6.63. The van der Waals surface area contributed by atoms with Crippen LogP contribution in [0.4, 0.5) is 16.2 Å². The molecule has 2 heterocycles. The lowest BCUT2D eigenvalue weighted by Crippen LogP contribution is -2.35. The Morgan fingerprint density at radius 1 is 1.29 bits per heavy atom. The van der Waals surface area contributed by atoms with E-state index in [-0.39, 0.29) is 18.0 Å². The molecule has 1 fully saturated rings. The number of aromatic nitrogens is 1. The van der Waals surface area contributed by atoms with E-state index in [1.54, 1.807) is 12.4 Å². The Morgan fingerprint density at radius 3 is 2.75 bits per heavy atom. The van der Waals surface area contributed by atoms with Gasteiger partial charge in [-0.1, -0.05) is 19.4 Å². The summed E-state index contributed by atoms with van der Waals surface area (Å²) in [6.45, 7) is 5.39. The van der Waals surface area contributed by atoms with Gasteiger partial charge >= 0.3 is 6.03 Å². The zero-order valence-corrected chi connectivity index (χ0v) is 16.6. The first-order valence-corrected chi connectivity index (χ1v) is 9.95. The minimum absolute atomic E-state index is 0.136. The SMILES string of the molecule is CCCCN(Cc1ccncc1)C(=O)Nc1cccc(N2C(=O)CCC2C)c1. The van der Waals surface area contributed by atoms with Gasteiger partial charge in [0.2, 0.25) is 5.91 Å². The molecule has 2 aromatic rings. The lowest BCUT2D eigenvalue weighted by Gasteiger charge is -2.25. The topological polar surface area (TPSA) is 65.5 Å². The van der Waals surface area contributed by atoms with Crippen LogP contribution < -0.4 is 10.2 Å². The number of benzene rings is 1. The number of rotatable bonds is 7. The van der Waals surface area contributed by atoms with Crippen molar-refractivity contribution in [1.82, 2.24) is 9.88 Å². The van der Waals surface area contributed by atoms with Crippen molar-refractivity contribution in [2.75, 3.05) is 16.8 Å². The number of carbonyl (C=O) groups excluding carboxylic acids is 2. The lowest BCUT2D eigenvalue weighted by molar-refractivity contribution is -0.117. The minimum Gasteiger partial charge on any atom is -0.320 e. The first kappa shape index (κ1) is 19.9. The molecule has 3 rings (SSSR count). The fraction of sp³-hybridized carbons (Fsp3) is 0.409. The Balaban J connectivity index is 1.72. The van der Waals surface area contributed by atoms with Crippen molar-refractivity contribution < 1.29 is 9.59 Å². The number of urea groups is 1. The van der Waals surface area contributed by atoms with E-state index in [4.69, 9.17) is 0 Å². The number of hydrogen-bond donors (Lipinski definition) is 1. The monoisotopic (exact) mass is 380 g/mol. The van der Waals surface area contributed by atoms with Crippen molar-refractivity contribution in [2.24, 2.45) is 0 Å². The molecule has 6 heteroatoms. The molecule has 1 atom stereocenters. The van der Waals surface area contributed by atoms with E-state index in [0.29, 0.717) is 25.2 Å². The maximum absolute atomic E-state index is 12.9. The van der Waals surface area contributed by atoms with E-state index in [9.17, 15) is 9.59 Å². The number of amides is 3. The molecule has 0 bridgehead atoms. The molecule has 0 spiro atoms. The third kappa shape index (κ3) is 4.88. The number of unbranched alkanes of at least 4 members (excludes halogenated alkanes) is 1. The van der Waals surface area contributed by atoms with Gasteiger partial charge in [-0.2, -0.15) is 0 Å². The van der Waals surface area contributed by atoms with Gasteiger partial charge in [0.15, 0.2) is 0 Å². The first-order chi connectivity index (χ1) is 13.6. The van der Waals surface area contributed by atoms with Crippen LogP contribution >= 0.6 is 0 Å². The second-order valence-corrected chi connectivity index (χ2v) is 7.26. The maximum Gasteiger partial charge on any atom is 0.322 e. The minimum atomic E-state index is -0.136. The largest absolute Gasteiger partial charge is 0.322 e. The number of anilines is 2. The highest BCUT2D eigenvalue weighted by atomic mass is 16.2. The molecule has 6 nitrogen and oxygen atoms in total. The molecule has 0 aliphatic carbocycles. The van der Waals surface area contributed by atoms with Crippen LogP contribution in [0.5, 0.6) is 0 Å². The van der Waals surface area contributed by atoms with Gasteiger partial charge in [0.25, 0.3) is 0 Å². The van der Waals surface area contributed by atoms with Crippen LogP contribution in [0, 0.1) is 0 Å². The van der Waals surface area contributed by atoms with Gasteiger partial charge in [0.05, 0.1) is 0 Å². The average molecular weight is 380 g/mol. The molecule has 1 saturated heterocycles. The highest BCUT2D eigenvalue weighted by Gasteiger charge is 2.28. The summed E-state index contributed by atoms with van der Waals surface area (Å²) in [6.07, 6.45) is 6.88. The summed E-state index contributed by atoms with van der Waals surface area (Å²) in [4.78, 5) is 32.7. The summed E-state index contributed by atoms with van der Waals surface area (Å²) in [7, 11) is 0. The van der Waals surface area contributed by atoms with Gasteiger partial charge in [-0.15, -0.1) is 0 Å². The summed E-state index contributed by atoms with van der Waals surface area (Å²) >= 11 is 0. The van der Waals surface area contributed by atoms with Gasteiger partial charge < -0.3 is 15.1 Å². The van der Waals surface area contributed by atoms with Gasteiger partial charge in [0.1, 0.15) is 0 Å². The highest BCUT2D eigenvalue weighted by molar-refractivity contribution is 5.97. The van der Waals surface area contributed by atoms with Crippen molar-refractivity contribution in [3.05, 3.63) is 54.4 Å². The van der Waals surface area contributed by atoms with Crippen molar-refractivity contribution in [3.63, 3.8) is 0 Å². The molecule has 1 aromatic heterocycles. The first-order valence-electron chi connectivity index (χ1n) is 9.95. The summed E-state index contributed by atoms with van der Waals surface area (Å²) in [6, 6.07) is 11.4. The zero-order valence-electron chi connectivity index (χ0n) is 16.6. The molecule has 1 aliphatic rings. The van der Waals surface area contributed by atoms with E-state index in [1.165, 1.54) is 0 Å². The highest BCUT2D eigenvalue weighted by Crippen LogP contribution is 2.28. The van der Waals surface area contributed by atoms with Crippen LogP contribution in [-0.4, -0.2) is 34.4 Å². The Morgan fingerprint density at radius 2 is 2.07 bits per heavy atom. The Labute approximate surface area is 166 Å². The van der Waals surface area contributed by atoms with Crippen LogP contribution in [-0.2, 0) is 11.3 Å². The van der Waals surface area contributed by atoms with E-state index in [2.05, 4.69) is 24.1 Å². The van der Waals surface area contributed by atoms with Gasteiger partial charge in [-0.25, -0.2) is 4.79 Å². The smallest absolute Gasteiger partial charge is 0.320 e. The Bertz CT molecular complexity index is 809. The molecule has 1 unspecified atom stereocenters. The molecule has 1 aliphatic heterocycles. The van der Waals surface area contributed by atoms with Crippen LogP contribution in [0.3, 0.4) is 0 Å². The number of carbonyl (C=O) groups is 2. The summed E-state index contributed by atoms with van der Waals surface area (Å²) in [5, 5.41) is 3.00. The van der Waals surface area contributed by atoms with Crippen molar-refractivity contribution >= 4 is 23.3 Å². The quantitative estimate of drug-likeness (QED) is 0.773. The van der Waals surface area contributed by atoms with Crippen molar-refractivity contribution in [3.8, 4) is 0 Å². The standard InChI is InChI=1S/C22H28N4O2/c1-3-4-14-25(16-18-10-12-23-13-11-18)22(28)24-19-6-5-7-20(15-19)26-17(2)8-9-21(26)27/h5-7,10-13,15,17H,3-4,8-9,14,16H2,1-2H3,(H,24,28). The van der Waals surface area contributed by atoms with Crippen LogP contribution in [0.15, 0.2) is 48.8 Å². The van der Waals surface area contributed by atoms with Crippen molar-refractivity contribution in [2.45, 2.75) is 52.1 Å². The van der Waals surface area contributed by atoms with Gasteiger partial charge in [-0.05, 0) is 55.7 Å². The summed E-state index contributed by atoms with van der Waals surface area (Å²) < 4.78 is 0. The predicted molar refractivity (Wildman–Crippen MR) is 111 cm³/mol. The van der Waals surface area contributed by atoms with Gasteiger partial charge in [-0.3, -0.25) is 9.78 Å². The van der Waals surface area contributed by atoms with E-state index in [0.717, 1.165) is 30.5 Å². The van der Waals surface area contributed by atoms with E-state index >= 15 is 0 Å². The van der Waals surface area contributed by atoms with Crippen LogP contribution in [0.1, 0.15) is 45.1 Å². The molecule has 1 N–H and O–H groups in total. The number of nitrogens with zero attached hydrogens (tertiary/aromatic N) is 3. The fourth-order valence-corrected chi connectivity index (χ4v) is 3.47. The van der Waals surface area contributed by atoms with Gasteiger partial charge in [0, 0.05) is 49.3 Å². The van der Waals surface area contributed by atoms with E-state index < -0.39 is 0 Å². The third-order valence-corrected chi connectivity index (χ3v) is 5.05. The molecule has 28 heavy (non-hydrogen) atoms. The van der Waals surface area contributed by atoms with Crippen LogP contribution in [0.2, 0.25) is 0 Å². The molecular weight excluding hydrogens is 352 g/mol.